The van der Waals surface area contributed by atoms with E-state index in [-0.39, 0.29) is 11.4 Å². The van der Waals surface area contributed by atoms with Gasteiger partial charge >= 0.3 is 5.69 Å². The molecule has 0 unspecified atom stereocenters. The molecule has 0 aliphatic carbocycles. The lowest BCUT2D eigenvalue weighted by Gasteiger charge is -2.00. The minimum absolute atomic E-state index is 0.131. The molecule has 0 amide bonds. The van der Waals surface area contributed by atoms with Crippen molar-refractivity contribution >= 4 is 17.5 Å². The van der Waals surface area contributed by atoms with Crippen LogP contribution in [0.2, 0.25) is 0 Å². The van der Waals surface area contributed by atoms with Crippen LogP contribution in [0.25, 0.3) is 6.08 Å². The van der Waals surface area contributed by atoms with Gasteiger partial charge in [-0.2, -0.15) is 0 Å². The van der Waals surface area contributed by atoms with Gasteiger partial charge in [-0.3, -0.25) is 10.1 Å². The van der Waals surface area contributed by atoms with Gasteiger partial charge in [0, 0.05) is 6.20 Å². The normalized spacial score (nSPS) is 9.57. The van der Waals surface area contributed by atoms with E-state index in [4.69, 9.17) is 5.73 Å². The van der Waals surface area contributed by atoms with Crippen molar-refractivity contribution < 1.29 is 4.92 Å². The molecule has 5 nitrogen and oxygen atoms in total. The first kappa shape index (κ1) is 10.2. The summed E-state index contributed by atoms with van der Waals surface area (Å²) in [7, 11) is 0. The summed E-state index contributed by atoms with van der Waals surface area (Å²) >= 11 is 0. The Labute approximate surface area is 81.4 Å². The maximum absolute atomic E-state index is 10.7. The van der Waals surface area contributed by atoms with Crippen LogP contribution >= 0.6 is 0 Å². The van der Waals surface area contributed by atoms with E-state index in [1.54, 1.807) is 6.08 Å². The number of pyridine rings is 1. The molecule has 2 N–H and O–H groups in total. The minimum Gasteiger partial charge on any atom is -0.393 e. The van der Waals surface area contributed by atoms with Crippen LogP contribution in [0.3, 0.4) is 0 Å². The van der Waals surface area contributed by atoms with E-state index < -0.39 is 4.92 Å². The fraction of sp³-hybridized carbons (Fsp3) is 0.222. The summed E-state index contributed by atoms with van der Waals surface area (Å²) in [6, 6.07) is 1.42. The van der Waals surface area contributed by atoms with Gasteiger partial charge in [-0.25, -0.2) is 4.98 Å². The third-order valence-electron chi connectivity index (χ3n) is 1.59. The molecule has 0 saturated heterocycles. The van der Waals surface area contributed by atoms with Crippen LogP contribution in [0.4, 0.5) is 11.4 Å². The molecule has 74 valence electrons. The highest BCUT2D eigenvalue weighted by molar-refractivity contribution is 5.69. The molecule has 1 aromatic rings. The maximum atomic E-state index is 10.7. The lowest BCUT2D eigenvalue weighted by molar-refractivity contribution is -0.384. The summed E-state index contributed by atoms with van der Waals surface area (Å²) in [5, 5.41) is 10.7. The van der Waals surface area contributed by atoms with Gasteiger partial charge in [-0.15, -0.1) is 0 Å². The molecule has 0 spiro atoms. The number of aromatic nitrogens is 1. The third-order valence-corrected chi connectivity index (χ3v) is 1.59. The number of nitrogens with zero attached hydrogens (tertiary/aromatic N) is 2. The van der Waals surface area contributed by atoms with E-state index in [0.29, 0.717) is 5.69 Å². The smallest absolute Gasteiger partial charge is 0.317 e. The summed E-state index contributed by atoms with van der Waals surface area (Å²) < 4.78 is 0. The fourth-order valence-electron chi connectivity index (χ4n) is 1.06. The zero-order valence-corrected chi connectivity index (χ0v) is 8.02. The average Bonchev–Trinajstić information content (AvgIpc) is 2.01. The van der Waals surface area contributed by atoms with E-state index in [0.717, 1.165) is 5.57 Å². The molecule has 1 heterocycles. The van der Waals surface area contributed by atoms with Gasteiger partial charge in [0.1, 0.15) is 11.4 Å². The predicted octanol–water partition coefficient (Wildman–Crippen LogP) is 2.00. The van der Waals surface area contributed by atoms with Gasteiger partial charge in [-0.05, 0) is 26.0 Å². The topological polar surface area (TPSA) is 82.0 Å². The second kappa shape index (κ2) is 3.87. The number of nitrogen functional groups attached to an aromatic ring is 1. The van der Waals surface area contributed by atoms with Crippen molar-refractivity contribution in [3.63, 3.8) is 0 Å². The number of hydrogen-bond donors (Lipinski definition) is 1. The third kappa shape index (κ3) is 2.07. The van der Waals surface area contributed by atoms with Crippen molar-refractivity contribution in [1.82, 2.24) is 4.98 Å². The van der Waals surface area contributed by atoms with Gasteiger partial charge in [0.25, 0.3) is 0 Å². The largest absolute Gasteiger partial charge is 0.393 e. The molecule has 1 rings (SSSR count). The second-order valence-electron chi connectivity index (χ2n) is 3.11. The molecule has 0 aliphatic heterocycles. The molecule has 0 saturated carbocycles. The second-order valence-corrected chi connectivity index (χ2v) is 3.11. The Hall–Kier alpha value is -1.91. The molecule has 0 radical (unpaired) electrons. The number of allylic oxidation sites excluding steroid dienone is 1. The van der Waals surface area contributed by atoms with Crippen LogP contribution in [0.15, 0.2) is 17.8 Å². The Balaban J connectivity index is 3.36. The average molecular weight is 193 g/mol. The van der Waals surface area contributed by atoms with Crippen molar-refractivity contribution in [2.24, 2.45) is 0 Å². The molecule has 0 fully saturated rings. The van der Waals surface area contributed by atoms with Crippen molar-refractivity contribution in [3.8, 4) is 0 Å². The van der Waals surface area contributed by atoms with E-state index in [9.17, 15) is 10.1 Å². The highest BCUT2D eigenvalue weighted by Crippen LogP contribution is 2.25. The highest BCUT2D eigenvalue weighted by atomic mass is 16.6. The Morgan fingerprint density at radius 1 is 1.64 bits per heavy atom. The van der Waals surface area contributed by atoms with E-state index in [2.05, 4.69) is 4.98 Å². The van der Waals surface area contributed by atoms with Crippen molar-refractivity contribution in [2.75, 3.05) is 5.73 Å². The molecule has 0 atom stereocenters. The predicted molar refractivity (Wildman–Crippen MR) is 54.6 cm³/mol. The van der Waals surface area contributed by atoms with Gasteiger partial charge in [0.15, 0.2) is 0 Å². The lowest BCUT2D eigenvalue weighted by Crippen LogP contribution is -1.99. The van der Waals surface area contributed by atoms with Crippen LogP contribution in [0, 0.1) is 10.1 Å². The Morgan fingerprint density at radius 3 is 2.79 bits per heavy atom. The number of rotatable bonds is 2. The molecule has 5 heteroatoms. The maximum Gasteiger partial charge on any atom is 0.317 e. The molecule has 0 bridgehead atoms. The first-order chi connectivity index (χ1) is 6.52. The monoisotopic (exact) mass is 193 g/mol. The van der Waals surface area contributed by atoms with E-state index in [1.807, 2.05) is 13.8 Å². The molecular formula is C9H11N3O2. The molecule has 0 aromatic carbocycles. The molecule has 14 heavy (non-hydrogen) atoms. The van der Waals surface area contributed by atoms with Gasteiger partial charge < -0.3 is 5.73 Å². The van der Waals surface area contributed by atoms with Gasteiger partial charge in [0.05, 0.1) is 4.92 Å². The minimum atomic E-state index is -0.517. The number of hydrogen-bond acceptors (Lipinski definition) is 4. The quantitative estimate of drug-likeness (QED) is 0.575. The molecule has 1 aromatic heterocycles. The summed E-state index contributed by atoms with van der Waals surface area (Å²) in [5.41, 5.74) is 6.73. The van der Waals surface area contributed by atoms with Crippen LogP contribution < -0.4 is 5.73 Å². The fourth-order valence-corrected chi connectivity index (χ4v) is 1.06. The van der Waals surface area contributed by atoms with Crippen molar-refractivity contribution in [1.29, 1.82) is 0 Å². The van der Waals surface area contributed by atoms with Crippen LogP contribution in [0.1, 0.15) is 19.5 Å². The highest BCUT2D eigenvalue weighted by Gasteiger charge is 2.16. The van der Waals surface area contributed by atoms with E-state index in [1.165, 1.54) is 12.3 Å². The molecular weight excluding hydrogens is 182 g/mol. The molecule has 0 aliphatic rings. The van der Waals surface area contributed by atoms with Crippen molar-refractivity contribution in [3.05, 3.63) is 33.6 Å². The summed E-state index contributed by atoms with van der Waals surface area (Å²) in [6.45, 7) is 3.68. The number of nitro groups is 1. The Kier molecular flexibility index (Phi) is 2.81. The SMILES string of the molecule is CC(C)=Cc1nccc(N)c1[N+](=O)[O-]. The van der Waals surface area contributed by atoms with Gasteiger partial charge in [0.2, 0.25) is 0 Å². The first-order valence-electron chi connectivity index (χ1n) is 4.06. The van der Waals surface area contributed by atoms with E-state index >= 15 is 0 Å². The Bertz CT molecular complexity index is 395. The zero-order valence-electron chi connectivity index (χ0n) is 8.02. The summed E-state index contributed by atoms with van der Waals surface area (Å²) in [4.78, 5) is 14.1. The number of anilines is 1. The lowest BCUT2D eigenvalue weighted by atomic mass is 10.2. The summed E-state index contributed by atoms with van der Waals surface area (Å²) in [6.07, 6.45) is 3.09. The first-order valence-corrected chi connectivity index (χ1v) is 4.06. The van der Waals surface area contributed by atoms with Crippen LogP contribution in [0.5, 0.6) is 0 Å². The van der Waals surface area contributed by atoms with Crippen LogP contribution in [-0.4, -0.2) is 9.91 Å². The standard InChI is InChI=1S/C9H11N3O2/c1-6(2)5-8-9(12(13)14)7(10)3-4-11-8/h3-5H,1-2H3,(H2,10,11). The van der Waals surface area contributed by atoms with Crippen molar-refractivity contribution in [2.45, 2.75) is 13.8 Å². The van der Waals surface area contributed by atoms with Crippen LogP contribution in [-0.2, 0) is 0 Å². The van der Waals surface area contributed by atoms with Gasteiger partial charge in [-0.1, -0.05) is 5.57 Å². The summed E-state index contributed by atoms with van der Waals surface area (Å²) in [5.74, 6) is 0. The Morgan fingerprint density at radius 2 is 2.29 bits per heavy atom. The zero-order chi connectivity index (χ0) is 10.7. The number of nitrogens with two attached hydrogens (primary N) is 1.